The summed E-state index contributed by atoms with van der Waals surface area (Å²) in [5.74, 6) is -1.62. The van der Waals surface area contributed by atoms with Crippen molar-refractivity contribution in [3.63, 3.8) is 0 Å². The second-order valence-electron chi connectivity index (χ2n) is 4.47. The maximum atomic E-state index is 10.9. The van der Waals surface area contributed by atoms with Crippen LogP contribution in [0.15, 0.2) is 30.5 Å². The van der Waals surface area contributed by atoms with Crippen LogP contribution in [0.4, 0.5) is 0 Å². The van der Waals surface area contributed by atoms with Gasteiger partial charge in [0.1, 0.15) is 0 Å². The molecule has 1 aromatic heterocycles. The van der Waals surface area contributed by atoms with Crippen molar-refractivity contribution >= 4 is 22.8 Å². The lowest BCUT2D eigenvalue weighted by Crippen LogP contribution is -2.47. The first kappa shape index (κ1) is 13.1. The largest absolute Gasteiger partial charge is 0.548 e. The molecule has 0 aliphatic rings. The number of H-pyrrole nitrogens is 1. The Labute approximate surface area is 110 Å². The zero-order valence-corrected chi connectivity index (χ0v) is 10.6. The Bertz CT molecular complexity index is 604. The summed E-state index contributed by atoms with van der Waals surface area (Å²) in [4.78, 5) is 25.0. The molecule has 2 N–H and O–H groups in total. The van der Waals surface area contributed by atoms with Gasteiger partial charge in [-0.1, -0.05) is 18.2 Å². The summed E-state index contributed by atoms with van der Waals surface area (Å²) in [6.07, 6.45) is 2.73. The van der Waals surface area contributed by atoms with Crippen molar-refractivity contribution in [1.29, 1.82) is 0 Å². The van der Waals surface area contributed by atoms with Crippen LogP contribution in [0.3, 0.4) is 0 Å². The molecule has 2 rings (SSSR count). The number of hydrogen-bond donors (Lipinski definition) is 2. The minimum atomic E-state index is -1.25. The topological polar surface area (TPSA) is 85.0 Å². The third-order valence-electron chi connectivity index (χ3n) is 3.04. The molecule has 0 radical (unpaired) electrons. The van der Waals surface area contributed by atoms with E-state index in [1.54, 1.807) is 0 Å². The van der Waals surface area contributed by atoms with Gasteiger partial charge in [-0.05, 0) is 24.5 Å². The fraction of sp³-hybridized carbons (Fsp3) is 0.286. The van der Waals surface area contributed by atoms with Crippen molar-refractivity contribution in [1.82, 2.24) is 10.3 Å². The van der Waals surface area contributed by atoms with E-state index in [0.29, 0.717) is 12.8 Å². The van der Waals surface area contributed by atoms with E-state index in [1.165, 1.54) is 6.92 Å². The van der Waals surface area contributed by atoms with Crippen molar-refractivity contribution in [3.8, 4) is 0 Å². The number of carbonyl (C=O) groups excluding carboxylic acids is 2. The zero-order chi connectivity index (χ0) is 13.8. The lowest BCUT2D eigenvalue weighted by atomic mass is 10.0. The average molecular weight is 259 g/mol. The second-order valence-corrected chi connectivity index (χ2v) is 4.47. The zero-order valence-electron chi connectivity index (χ0n) is 10.6. The summed E-state index contributed by atoms with van der Waals surface area (Å²) in [6, 6.07) is 6.86. The number of aryl methyl sites for hydroxylation is 1. The molecule has 0 saturated carbocycles. The van der Waals surface area contributed by atoms with Gasteiger partial charge in [-0.25, -0.2) is 0 Å². The highest BCUT2D eigenvalue weighted by atomic mass is 16.4. The molecule has 0 bridgehead atoms. The first-order valence-electron chi connectivity index (χ1n) is 6.11. The number of aliphatic carboxylic acids is 1. The van der Waals surface area contributed by atoms with Gasteiger partial charge in [0.05, 0.1) is 12.0 Å². The van der Waals surface area contributed by atoms with Gasteiger partial charge in [0.25, 0.3) is 0 Å². The minimum absolute atomic E-state index is 0.309. The highest BCUT2D eigenvalue weighted by Crippen LogP contribution is 2.19. The number of nitrogens with one attached hydrogen (secondary N) is 2. The number of benzene rings is 1. The summed E-state index contributed by atoms with van der Waals surface area (Å²) in [7, 11) is 0. The molecule has 0 spiro atoms. The molecule has 0 aliphatic carbocycles. The van der Waals surface area contributed by atoms with Crippen LogP contribution in [0, 0.1) is 0 Å². The molecule has 0 fully saturated rings. The average Bonchev–Trinajstić information content (AvgIpc) is 2.77. The molecular weight excluding hydrogens is 244 g/mol. The van der Waals surface area contributed by atoms with Crippen LogP contribution >= 0.6 is 0 Å². The van der Waals surface area contributed by atoms with E-state index in [4.69, 9.17) is 0 Å². The molecule has 0 aliphatic heterocycles. The Morgan fingerprint density at radius 2 is 2.11 bits per heavy atom. The number of carbonyl (C=O) groups is 2. The van der Waals surface area contributed by atoms with Crippen LogP contribution in [0.25, 0.3) is 10.9 Å². The maximum Gasteiger partial charge on any atom is 0.217 e. The highest BCUT2D eigenvalue weighted by molar-refractivity contribution is 5.83. The molecule has 5 heteroatoms. The Hall–Kier alpha value is -2.30. The molecule has 1 amide bonds. The maximum absolute atomic E-state index is 10.9. The molecule has 1 aromatic carbocycles. The van der Waals surface area contributed by atoms with Crippen LogP contribution in [0.1, 0.15) is 18.9 Å². The molecule has 1 atom stereocenters. The molecule has 0 saturated heterocycles. The van der Waals surface area contributed by atoms with Gasteiger partial charge in [-0.15, -0.1) is 0 Å². The lowest BCUT2D eigenvalue weighted by molar-refractivity contribution is -0.308. The summed E-state index contributed by atoms with van der Waals surface area (Å²) < 4.78 is 0. The standard InChI is InChI=1S/C14H16N2O3/c1-9(17)16-13(14(18)19)7-6-10-8-15-12-5-3-2-4-11(10)12/h2-5,8,13,15H,6-7H2,1H3,(H,16,17)(H,18,19)/p-1/t13-/m0/s1. The second kappa shape index (κ2) is 5.56. The van der Waals surface area contributed by atoms with Gasteiger partial charge in [0.2, 0.25) is 5.91 Å². The SMILES string of the molecule is CC(=O)N[C@@H](CCc1c[nH]c2ccccc12)C(=O)[O-]. The van der Waals surface area contributed by atoms with E-state index in [1.807, 2.05) is 30.5 Å². The van der Waals surface area contributed by atoms with Gasteiger partial charge >= 0.3 is 0 Å². The van der Waals surface area contributed by atoms with Crippen molar-refractivity contribution in [2.45, 2.75) is 25.8 Å². The molecular formula is C14H15N2O3-. The molecule has 0 unspecified atom stereocenters. The van der Waals surface area contributed by atoms with Crippen LogP contribution in [0.2, 0.25) is 0 Å². The predicted octanol–water partition coefficient (Wildman–Crippen LogP) is 0.355. The normalized spacial score (nSPS) is 12.3. The van der Waals surface area contributed by atoms with Crippen molar-refractivity contribution in [2.75, 3.05) is 0 Å². The summed E-state index contributed by atoms with van der Waals surface area (Å²) >= 11 is 0. The third kappa shape index (κ3) is 3.13. The summed E-state index contributed by atoms with van der Waals surface area (Å²) in [6.45, 7) is 1.29. The Kier molecular flexibility index (Phi) is 3.85. The van der Waals surface area contributed by atoms with Gasteiger partial charge in [0.15, 0.2) is 0 Å². The Morgan fingerprint density at radius 1 is 1.37 bits per heavy atom. The number of carboxylic acid groups (broad SMARTS) is 1. The Balaban J connectivity index is 2.08. The van der Waals surface area contributed by atoms with Crippen molar-refractivity contribution < 1.29 is 14.7 Å². The van der Waals surface area contributed by atoms with Crippen LogP contribution in [-0.2, 0) is 16.0 Å². The minimum Gasteiger partial charge on any atom is -0.548 e. The van der Waals surface area contributed by atoms with Crippen molar-refractivity contribution in [2.24, 2.45) is 0 Å². The quantitative estimate of drug-likeness (QED) is 0.812. The predicted molar refractivity (Wildman–Crippen MR) is 69.2 cm³/mol. The monoisotopic (exact) mass is 259 g/mol. The summed E-state index contributed by atoms with van der Waals surface area (Å²) in [5.41, 5.74) is 2.05. The van der Waals surface area contributed by atoms with Gasteiger partial charge < -0.3 is 20.2 Å². The molecule has 1 heterocycles. The number of aromatic amines is 1. The number of hydrogen-bond acceptors (Lipinski definition) is 3. The smallest absolute Gasteiger partial charge is 0.217 e. The lowest BCUT2D eigenvalue weighted by Gasteiger charge is -2.18. The van der Waals surface area contributed by atoms with Crippen LogP contribution in [0.5, 0.6) is 0 Å². The summed E-state index contributed by atoms with van der Waals surface area (Å²) in [5, 5.41) is 14.4. The van der Waals surface area contributed by atoms with Gasteiger partial charge in [-0.3, -0.25) is 4.79 Å². The molecule has 5 nitrogen and oxygen atoms in total. The molecule has 100 valence electrons. The fourth-order valence-corrected chi connectivity index (χ4v) is 2.13. The molecule has 2 aromatic rings. The number of para-hydroxylation sites is 1. The van der Waals surface area contributed by atoms with E-state index in [-0.39, 0.29) is 5.91 Å². The highest BCUT2D eigenvalue weighted by Gasteiger charge is 2.12. The Morgan fingerprint density at radius 3 is 2.79 bits per heavy atom. The van der Waals surface area contributed by atoms with E-state index in [0.717, 1.165) is 16.5 Å². The van der Waals surface area contributed by atoms with E-state index >= 15 is 0 Å². The number of amides is 1. The number of carboxylic acids is 1. The van der Waals surface area contributed by atoms with Crippen molar-refractivity contribution in [3.05, 3.63) is 36.0 Å². The van der Waals surface area contributed by atoms with Gasteiger partial charge in [-0.2, -0.15) is 0 Å². The third-order valence-corrected chi connectivity index (χ3v) is 3.04. The van der Waals surface area contributed by atoms with E-state index < -0.39 is 12.0 Å². The first-order valence-corrected chi connectivity index (χ1v) is 6.11. The van der Waals surface area contributed by atoms with Crippen LogP contribution in [-0.4, -0.2) is 22.9 Å². The van der Waals surface area contributed by atoms with Crippen LogP contribution < -0.4 is 10.4 Å². The number of fused-ring (bicyclic) bond motifs is 1. The first-order chi connectivity index (χ1) is 9.08. The van der Waals surface area contributed by atoms with E-state index in [9.17, 15) is 14.7 Å². The fourth-order valence-electron chi connectivity index (χ4n) is 2.13. The van der Waals surface area contributed by atoms with E-state index in [2.05, 4.69) is 10.3 Å². The van der Waals surface area contributed by atoms with Gasteiger partial charge in [0, 0.05) is 24.0 Å². The molecule has 19 heavy (non-hydrogen) atoms. The number of aromatic nitrogens is 1. The number of rotatable bonds is 5.